The number of nitrogens with one attached hydrogen (secondary N) is 1. The van der Waals surface area contributed by atoms with Crippen molar-refractivity contribution >= 4 is 47.8 Å². The van der Waals surface area contributed by atoms with Gasteiger partial charge >= 0.3 is 5.97 Å². The molecule has 1 aliphatic carbocycles. The van der Waals surface area contributed by atoms with Crippen LogP contribution in [0.3, 0.4) is 0 Å². The number of ketones is 2. The lowest BCUT2D eigenvalue weighted by atomic mass is 9.77. The van der Waals surface area contributed by atoms with Crippen LogP contribution in [-0.4, -0.2) is 58.5 Å². The minimum atomic E-state index is -2.31. The van der Waals surface area contributed by atoms with Crippen molar-refractivity contribution in [1.82, 2.24) is 14.9 Å². The molecule has 0 fully saturated rings. The molecular formula is C42H49N3O7Si. The lowest BCUT2D eigenvalue weighted by molar-refractivity contribution is -0.140. The first kappa shape index (κ1) is 38.2. The van der Waals surface area contributed by atoms with Crippen LogP contribution in [0.2, 0.25) is 18.1 Å². The highest BCUT2D eigenvalue weighted by molar-refractivity contribution is 6.94. The van der Waals surface area contributed by atoms with E-state index >= 15 is 0 Å². The molecule has 1 atom stereocenters. The number of hydrogen-bond donors (Lipinski definition) is 3. The number of fused-ring (bicyclic) bond motifs is 5. The molecule has 0 saturated carbocycles. The number of ether oxygens (including phenoxy) is 1. The van der Waals surface area contributed by atoms with E-state index in [-0.39, 0.29) is 47.4 Å². The Morgan fingerprint density at radius 3 is 2.47 bits per heavy atom. The second kappa shape index (κ2) is 14.7. The molecule has 0 unspecified atom stereocenters. The molecular weight excluding hydrogens is 687 g/mol. The number of benzene rings is 2. The van der Waals surface area contributed by atoms with Crippen LogP contribution in [0.25, 0.3) is 28.4 Å². The standard InChI is InChI=1S/C42H49N3O7Si/c1-7-42(51)33-22-35-38-32(24-45(35)40(50)30(33)17-19-36(42)48)39(53(5,6)41(2,3)4)31-21-29(16-18-34(31)44-38)52-37(49)9-8-20-43-23-27-12-10-26(11-13-27)14-15-28(47)25-46/h10-16,18,21-22,43,46,51H,7-9,17,19-20,23-25H2,1-6H3/b15-14+/t42-/m0/s1. The van der Waals surface area contributed by atoms with Gasteiger partial charge in [-0.15, -0.1) is 0 Å². The summed E-state index contributed by atoms with van der Waals surface area (Å²) in [6.45, 7) is 14.2. The number of nitrogens with zero attached hydrogens (tertiary/aromatic N) is 2. The third-order valence-electron chi connectivity index (χ3n) is 11.4. The number of pyridine rings is 2. The molecule has 0 bridgehead atoms. The van der Waals surface area contributed by atoms with Crippen molar-refractivity contribution < 1.29 is 29.3 Å². The van der Waals surface area contributed by atoms with Gasteiger partial charge in [-0.05, 0) is 83.1 Å². The largest absolute Gasteiger partial charge is 0.427 e. The lowest BCUT2D eigenvalue weighted by Crippen LogP contribution is -2.51. The van der Waals surface area contributed by atoms with E-state index in [2.05, 4.69) is 39.2 Å². The number of esters is 1. The summed E-state index contributed by atoms with van der Waals surface area (Å²) in [6.07, 6.45) is 4.50. The van der Waals surface area contributed by atoms with Gasteiger partial charge in [0.1, 0.15) is 18.0 Å². The first-order valence-corrected chi connectivity index (χ1v) is 21.4. The van der Waals surface area contributed by atoms with Gasteiger partial charge in [-0.2, -0.15) is 0 Å². The molecule has 2 aromatic carbocycles. The Labute approximate surface area is 310 Å². The number of aromatic nitrogens is 2. The maximum Gasteiger partial charge on any atom is 0.311 e. The van der Waals surface area contributed by atoms with Crippen molar-refractivity contribution in [3.63, 3.8) is 0 Å². The Balaban J connectivity index is 1.22. The molecule has 0 radical (unpaired) electrons. The van der Waals surface area contributed by atoms with Crippen LogP contribution >= 0.6 is 0 Å². The van der Waals surface area contributed by atoms with E-state index in [9.17, 15) is 24.3 Å². The zero-order valence-electron chi connectivity index (χ0n) is 31.5. The van der Waals surface area contributed by atoms with Crippen molar-refractivity contribution in [2.75, 3.05) is 13.2 Å². The van der Waals surface area contributed by atoms with Gasteiger partial charge in [0, 0.05) is 35.9 Å². The summed E-state index contributed by atoms with van der Waals surface area (Å²) in [5, 5.41) is 25.7. The highest BCUT2D eigenvalue weighted by Crippen LogP contribution is 2.43. The maximum atomic E-state index is 14.0. The SMILES string of the molecule is CC[C@@]1(O)C(=O)CCc2c1cc1n(c2=O)Cc2c-1nc1ccc(OC(=O)CCCNCc3ccc(/C=C/C(=O)CO)cc3)cc1c2[Si](C)(C)C(C)(C)C. The van der Waals surface area contributed by atoms with E-state index in [4.69, 9.17) is 14.8 Å². The van der Waals surface area contributed by atoms with Crippen LogP contribution in [0.15, 0.2) is 59.4 Å². The first-order valence-electron chi connectivity index (χ1n) is 18.4. The predicted molar refractivity (Wildman–Crippen MR) is 209 cm³/mol. The van der Waals surface area contributed by atoms with Gasteiger partial charge in [-0.3, -0.25) is 19.2 Å². The van der Waals surface area contributed by atoms with E-state index in [0.717, 1.165) is 32.8 Å². The molecule has 2 aromatic heterocycles. The lowest BCUT2D eigenvalue weighted by Gasteiger charge is -2.39. The molecule has 53 heavy (non-hydrogen) atoms. The first-order chi connectivity index (χ1) is 25.1. The Hall–Kier alpha value is -4.55. The predicted octanol–water partition coefficient (Wildman–Crippen LogP) is 5.30. The van der Waals surface area contributed by atoms with Gasteiger partial charge in [-0.1, -0.05) is 71.1 Å². The zero-order chi connectivity index (χ0) is 38.3. The third kappa shape index (κ3) is 7.23. The summed E-state index contributed by atoms with van der Waals surface area (Å²) < 4.78 is 7.63. The van der Waals surface area contributed by atoms with Gasteiger partial charge in [-0.25, -0.2) is 4.98 Å². The summed E-state index contributed by atoms with van der Waals surface area (Å²) in [5.41, 5.74) is 4.02. The second-order valence-electron chi connectivity index (χ2n) is 15.8. The zero-order valence-corrected chi connectivity index (χ0v) is 32.5. The summed E-state index contributed by atoms with van der Waals surface area (Å²) in [5.74, 6) is -0.483. The summed E-state index contributed by atoms with van der Waals surface area (Å²) in [7, 11) is -2.31. The van der Waals surface area contributed by atoms with Crippen molar-refractivity contribution in [1.29, 1.82) is 0 Å². The summed E-state index contributed by atoms with van der Waals surface area (Å²) >= 11 is 0. The minimum Gasteiger partial charge on any atom is -0.427 e. The number of carbonyl (C=O) groups excluding carboxylic acids is 3. The Morgan fingerprint density at radius 1 is 1.06 bits per heavy atom. The number of aliphatic hydroxyl groups is 2. The Kier molecular flexibility index (Phi) is 10.6. The fourth-order valence-corrected chi connectivity index (χ4v) is 9.93. The van der Waals surface area contributed by atoms with Gasteiger partial charge in [0.2, 0.25) is 0 Å². The van der Waals surface area contributed by atoms with Crippen LogP contribution in [-0.2, 0) is 39.5 Å². The third-order valence-corrected chi connectivity index (χ3v) is 17.0. The number of aliphatic hydroxyl groups excluding tert-OH is 1. The van der Waals surface area contributed by atoms with E-state index in [1.807, 2.05) is 42.5 Å². The number of Topliss-reactive ketones (excluding diaryl/α,β-unsaturated/α-hetero) is 1. The fraction of sp³-hybridized carbons (Fsp3) is 0.405. The van der Waals surface area contributed by atoms with E-state index < -0.39 is 20.3 Å². The van der Waals surface area contributed by atoms with E-state index in [0.29, 0.717) is 60.7 Å². The van der Waals surface area contributed by atoms with Crippen LogP contribution in [0, 0.1) is 0 Å². The van der Waals surface area contributed by atoms with Crippen LogP contribution < -0.4 is 20.8 Å². The van der Waals surface area contributed by atoms with Crippen LogP contribution in [0.5, 0.6) is 5.75 Å². The number of hydrogen-bond acceptors (Lipinski definition) is 9. The number of carbonyl (C=O) groups is 3. The fourth-order valence-electron chi connectivity index (χ4n) is 7.36. The van der Waals surface area contributed by atoms with Crippen LogP contribution in [0.1, 0.15) is 81.2 Å². The summed E-state index contributed by atoms with van der Waals surface area (Å²) in [6, 6.07) is 15.1. The van der Waals surface area contributed by atoms with Gasteiger partial charge in [0.25, 0.3) is 5.56 Å². The van der Waals surface area contributed by atoms with Gasteiger partial charge < -0.3 is 24.8 Å². The molecule has 11 heteroatoms. The molecule has 0 saturated heterocycles. The van der Waals surface area contributed by atoms with E-state index in [1.165, 1.54) is 6.08 Å². The molecule has 3 heterocycles. The molecule has 6 rings (SSSR count). The molecule has 2 aliphatic rings. The van der Waals surface area contributed by atoms with E-state index in [1.54, 1.807) is 23.6 Å². The smallest absolute Gasteiger partial charge is 0.311 e. The van der Waals surface area contributed by atoms with Crippen molar-refractivity contribution in [2.24, 2.45) is 0 Å². The van der Waals surface area contributed by atoms with Crippen molar-refractivity contribution in [3.8, 4) is 17.1 Å². The monoisotopic (exact) mass is 735 g/mol. The molecule has 1 aliphatic heterocycles. The quantitative estimate of drug-likeness (QED) is 0.0511. The Morgan fingerprint density at radius 2 is 1.79 bits per heavy atom. The second-order valence-corrected chi connectivity index (χ2v) is 21.0. The maximum absolute atomic E-state index is 14.0. The molecule has 0 spiro atoms. The molecule has 3 N–H and O–H groups in total. The van der Waals surface area contributed by atoms with Crippen molar-refractivity contribution in [3.05, 3.63) is 92.8 Å². The average molecular weight is 736 g/mol. The molecule has 10 nitrogen and oxygen atoms in total. The van der Waals surface area contributed by atoms with Gasteiger partial charge in [0.05, 0.1) is 31.5 Å². The minimum absolute atomic E-state index is 0.0670. The summed E-state index contributed by atoms with van der Waals surface area (Å²) in [4.78, 5) is 56.3. The average Bonchev–Trinajstić information content (AvgIpc) is 3.49. The molecule has 4 aromatic rings. The normalized spacial score (nSPS) is 16.9. The van der Waals surface area contributed by atoms with Gasteiger partial charge in [0.15, 0.2) is 11.6 Å². The molecule has 0 amide bonds. The highest BCUT2D eigenvalue weighted by Gasteiger charge is 2.45. The molecule has 278 valence electrons. The van der Waals surface area contributed by atoms with Crippen molar-refractivity contribution in [2.45, 2.75) is 96.6 Å². The Bertz CT molecular complexity index is 2200. The topological polar surface area (TPSA) is 148 Å². The number of rotatable bonds is 12. The van der Waals surface area contributed by atoms with Crippen LogP contribution in [0.4, 0.5) is 0 Å². The highest BCUT2D eigenvalue weighted by atomic mass is 28.3.